The van der Waals surface area contributed by atoms with Crippen LogP contribution in [0.4, 0.5) is 0 Å². The monoisotopic (exact) mass is 187 g/mol. The first kappa shape index (κ1) is 12.6. The molecule has 0 radical (unpaired) electrons. The lowest BCUT2D eigenvalue weighted by Crippen LogP contribution is -2.36. The predicted octanol–water partition coefficient (Wildman–Crippen LogP) is 1.36. The van der Waals surface area contributed by atoms with Crippen LogP contribution >= 0.6 is 0 Å². The van der Waals surface area contributed by atoms with E-state index in [-0.39, 0.29) is 17.7 Å². The zero-order valence-corrected chi connectivity index (χ0v) is 8.88. The van der Waals surface area contributed by atoms with E-state index < -0.39 is 0 Å². The van der Waals surface area contributed by atoms with Crippen LogP contribution in [0.15, 0.2) is 0 Å². The Morgan fingerprint density at radius 2 is 1.92 bits per heavy atom. The zero-order chi connectivity index (χ0) is 10.3. The highest BCUT2D eigenvalue weighted by Gasteiger charge is 2.20. The highest BCUT2D eigenvalue weighted by Crippen LogP contribution is 2.11. The average Bonchev–Trinajstić information content (AvgIpc) is 2.15. The van der Waals surface area contributed by atoms with Crippen molar-refractivity contribution in [3.63, 3.8) is 0 Å². The first-order valence-electron chi connectivity index (χ1n) is 4.95. The maximum absolute atomic E-state index is 11.6. The normalized spacial score (nSPS) is 13.3. The summed E-state index contributed by atoms with van der Waals surface area (Å²) >= 11 is 0. The molecule has 0 fully saturated rings. The fourth-order valence-corrected chi connectivity index (χ4v) is 1.38. The van der Waals surface area contributed by atoms with Crippen molar-refractivity contribution < 1.29 is 9.53 Å². The van der Waals surface area contributed by atoms with Crippen molar-refractivity contribution in [2.24, 2.45) is 11.7 Å². The second-order valence-electron chi connectivity index (χ2n) is 3.30. The predicted molar refractivity (Wildman–Crippen MR) is 53.5 cm³/mol. The number of ketones is 1. The number of carbonyl (C=O) groups is 1. The Morgan fingerprint density at radius 3 is 2.31 bits per heavy atom. The molecule has 0 aromatic carbocycles. The summed E-state index contributed by atoms with van der Waals surface area (Å²) in [4.78, 5) is 11.6. The molecule has 0 amide bonds. The van der Waals surface area contributed by atoms with Gasteiger partial charge >= 0.3 is 0 Å². The second kappa shape index (κ2) is 7.04. The molecular weight excluding hydrogens is 166 g/mol. The van der Waals surface area contributed by atoms with Crippen molar-refractivity contribution in [1.29, 1.82) is 0 Å². The van der Waals surface area contributed by atoms with E-state index >= 15 is 0 Å². The van der Waals surface area contributed by atoms with Gasteiger partial charge in [0.1, 0.15) is 0 Å². The van der Waals surface area contributed by atoms with E-state index in [4.69, 9.17) is 10.5 Å². The molecule has 78 valence electrons. The molecule has 3 nitrogen and oxygen atoms in total. The van der Waals surface area contributed by atoms with Crippen LogP contribution < -0.4 is 5.73 Å². The molecule has 0 aliphatic carbocycles. The number of hydrogen-bond acceptors (Lipinski definition) is 3. The second-order valence-corrected chi connectivity index (χ2v) is 3.30. The number of carbonyl (C=O) groups excluding carboxylic acids is 1. The van der Waals surface area contributed by atoms with Crippen molar-refractivity contribution in [3.8, 4) is 0 Å². The highest BCUT2D eigenvalue weighted by atomic mass is 16.5. The fourth-order valence-electron chi connectivity index (χ4n) is 1.38. The van der Waals surface area contributed by atoms with Crippen LogP contribution in [0, 0.1) is 5.92 Å². The molecule has 1 unspecified atom stereocenters. The van der Waals surface area contributed by atoms with E-state index in [2.05, 4.69) is 0 Å². The Labute approximate surface area is 80.6 Å². The zero-order valence-electron chi connectivity index (χ0n) is 8.88. The molecule has 0 saturated carbocycles. The van der Waals surface area contributed by atoms with E-state index in [1.165, 1.54) is 0 Å². The SMILES string of the molecule is CCC(CC)C(=O)C(N)CCOC. The van der Waals surface area contributed by atoms with Gasteiger partial charge in [-0.15, -0.1) is 0 Å². The minimum atomic E-state index is -0.343. The van der Waals surface area contributed by atoms with Gasteiger partial charge in [-0.05, 0) is 19.3 Å². The van der Waals surface area contributed by atoms with Gasteiger partial charge in [-0.25, -0.2) is 0 Å². The summed E-state index contributed by atoms with van der Waals surface area (Å²) in [5.41, 5.74) is 5.73. The summed E-state index contributed by atoms with van der Waals surface area (Å²) in [5, 5.41) is 0. The minimum Gasteiger partial charge on any atom is -0.385 e. The number of Topliss-reactive ketones (excluding diaryl/α,β-unsaturated/α-hetero) is 1. The van der Waals surface area contributed by atoms with E-state index in [1.54, 1.807) is 7.11 Å². The summed E-state index contributed by atoms with van der Waals surface area (Å²) in [6.45, 7) is 4.61. The lowest BCUT2D eigenvalue weighted by Gasteiger charge is -2.16. The third-order valence-corrected chi connectivity index (χ3v) is 2.39. The molecule has 0 rings (SSSR count). The standard InChI is InChI=1S/C10H21NO2/c1-4-8(5-2)10(12)9(11)6-7-13-3/h8-9H,4-7,11H2,1-3H3. The Morgan fingerprint density at radius 1 is 1.38 bits per heavy atom. The molecule has 0 aromatic rings. The van der Waals surface area contributed by atoms with Gasteiger partial charge in [0.15, 0.2) is 5.78 Å². The largest absolute Gasteiger partial charge is 0.385 e. The third-order valence-electron chi connectivity index (χ3n) is 2.39. The summed E-state index contributed by atoms with van der Waals surface area (Å²) in [6, 6.07) is -0.343. The van der Waals surface area contributed by atoms with Crippen LogP contribution in [0.2, 0.25) is 0 Å². The number of methoxy groups -OCH3 is 1. The minimum absolute atomic E-state index is 0.131. The van der Waals surface area contributed by atoms with Crippen molar-refractivity contribution >= 4 is 5.78 Å². The maximum atomic E-state index is 11.6. The topological polar surface area (TPSA) is 52.3 Å². The van der Waals surface area contributed by atoms with Gasteiger partial charge in [-0.2, -0.15) is 0 Å². The molecule has 1 atom stereocenters. The number of rotatable bonds is 7. The molecule has 0 spiro atoms. The molecule has 3 heteroatoms. The van der Waals surface area contributed by atoms with Crippen LogP contribution in [0.25, 0.3) is 0 Å². The number of nitrogens with two attached hydrogens (primary N) is 1. The maximum Gasteiger partial charge on any atom is 0.152 e. The van der Waals surface area contributed by atoms with Crippen molar-refractivity contribution in [1.82, 2.24) is 0 Å². The lowest BCUT2D eigenvalue weighted by molar-refractivity contribution is -0.124. The Balaban J connectivity index is 3.92. The lowest BCUT2D eigenvalue weighted by atomic mass is 9.92. The van der Waals surface area contributed by atoms with Gasteiger partial charge in [0.05, 0.1) is 6.04 Å². The van der Waals surface area contributed by atoms with Crippen molar-refractivity contribution in [2.45, 2.75) is 39.2 Å². The molecule has 0 aliphatic rings. The third kappa shape index (κ3) is 4.39. The molecule has 0 saturated heterocycles. The smallest absolute Gasteiger partial charge is 0.152 e. The van der Waals surface area contributed by atoms with Gasteiger partial charge < -0.3 is 10.5 Å². The average molecular weight is 187 g/mol. The summed E-state index contributed by atoms with van der Waals surface area (Å²) in [7, 11) is 1.62. The first-order valence-corrected chi connectivity index (χ1v) is 4.95. The van der Waals surface area contributed by atoms with Crippen LogP contribution in [0.1, 0.15) is 33.1 Å². The summed E-state index contributed by atoms with van der Waals surface area (Å²) in [6.07, 6.45) is 2.40. The molecule has 0 bridgehead atoms. The Hall–Kier alpha value is -0.410. The quantitative estimate of drug-likeness (QED) is 0.654. The Bertz CT molecular complexity index is 144. The number of hydrogen-bond donors (Lipinski definition) is 1. The summed E-state index contributed by atoms with van der Waals surface area (Å²) < 4.78 is 4.88. The van der Waals surface area contributed by atoms with E-state index in [0.717, 1.165) is 12.8 Å². The summed E-state index contributed by atoms with van der Waals surface area (Å²) in [5.74, 6) is 0.314. The first-order chi connectivity index (χ1) is 6.17. The van der Waals surface area contributed by atoms with Gasteiger partial charge in [0, 0.05) is 19.6 Å². The molecule has 0 heterocycles. The van der Waals surface area contributed by atoms with Crippen LogP contribution in [-0.4, -0.2) is 25.5 Å². The molecule has 2 N–H and O–H groups in total. The van der Waals surface area contributed by atoms with Gasteiger partial charge in [0.2, 0.25) is 0 Å². The molecule has 13 heavy (non-hydrogen) atoms. The van der Waals surface area contributed by atoms with Crippen molar-refractivity contribution in [3.05, 3.63) is 0 Å². The van der Waals surface area contributed by atoms with Crippen LogP contribution in [0.5, 0.6) is 0 Å². The van der Waals surface area contributed by atoms with Gasteiger partial charge in [0.25, 0.3) is 0 Å². The van der Waals surface area contributed by atoms with E-state index in [9.17, 15) is 4.79 Å². The fraction of sp³-hybridized carbons (Fsp3) is 0.900. The molecular formula is C10H21NO2. The van der Waals surface area contributed by atoms with E-state index in [1.807, 2.05) is 13.8 Å². The van der Waals surface area contributed by atoms with E-state index in [0.29, 0.717) is 13.0 Å². The van der Waals surface area contributed by atoms with Crippen LogP contribution in [0.3, 0.4) is 0 Å². The van der Waals surface area contributed by atoms with Gasteiger partial charge in [-0.3, -0.25) is 4.79 Å². The van der Waals surface area contributed by atoms with Crippen LogP contribution in [-0.2, 0) is 9.53 Å². The van der Waals surface area contributed by atoms with Crippen molar-refractivity contribution in [2.75, 3.05) is 13.7 Å². The van der Waals surface area contributed by atoms with Gasteiger partial charge in [-0.1, -0.05) is 13.8 Å². The Kier molecular flexibility index (Phi) is 6.82. The number of ether oxygens (including phenoxy) is 1. The molecule has 0 aromatic heterocycles. The molecule has 0 aliphatic heterocycles. The highest BCUT2D eigenvalue weighted by molar-refractivity contribution is 5.85.